The maximum absolute atomic E-state index is 5.31. The van der Waals surface area contributed by atoms with Gasteiger partial charge in [-0.25, -0.2) is 4.98 Å². The third kappa shape index (κ3) is 3.63. The average molecular weight is 265 g/mol. The highest BCUT2D eigenvalue weighted by molar-refractivity contribution is 8.15. The normalized spacial score (nSPS) is 18.6. The number of ether oxygens (including phenoxy) is 1. The number of aliphatic imine (C=N–C) groups is 1. The van der Waals surface area contributed by atoms with Crippen molar-refractivity contribution in [1.82, 2.24) is 4.98 Å². The standard InChI is InChI=1S/C13H19N3OS/c1-3-5-11-9-15-13(18-11)16-10-6-7-12(14-8-10)17-4-2/h6-8,11H,3-5,9H2,1-2H3,(H,15,16). The Morgan fingerprint density at radius 1 is 1.44 bits per heavy atom. The first-order valence-electron chi connectivity index (χ1n) is 6.38. The summed E-state index contributed by atoms with van der Waals surface area (Å²) in [4.78, 5) is 8.72. The third-order valence-corrected chi connectivity index (χ3v) is 3.78. The van der Waals surface area contributed by atoms with Crippen LogP contribution < -0.4 is 10.1 Å². The van der Waals surface area contributed by atoms with Crippen LogP contribution in [0.3, 0.4) is 0 Å². The van der Waals surface area contributed by atoms with Crippen molar-refractivity contribution in [2.75, 3.05) is 18.5 Å². The molecule has 1 aliphatic heterocycles. The first kappa shape index (κ1) is 13.2. The maximum atomic E-state index is 5.31. The average Bonchev–Trinajstić information content (AvgIpc) is 2.80. The van der Waals surface area contributed by atoms with Crippen LogP contribution in [0.15, 0.2) is 23.3 Å². The molecule has 0 saturated heterocycles. The summed E-state index contributed by atoms with van der Waals surface area (Å²) in [5.41, 5.74) is 0.960. The number of hydrogen-bond donors (Lipinski definition) is 1. The number of anilines is 1. The van der Waals surface area contributed by atoms with Crippen molar-refractivity contribution in [2.45, 2.75) is 31.9 Å². The molecule has 1 aromatic rings. The van der Waals surface area contributed by atoms with Crippen molar-refractivity contribution in [3.8, 4) is 5.88 Å². The second-order valence-corrected chi connectivity index (χ2v) is 5.41. The summed E-state index contributed by atoms with van der Waals surface area (Å²) in [6, 6.07) is 3.84. The van der Waals surface area contributed by atoms with Gasteiger partial charge in [-0.05, 0) is 19.4 Å². The topological polar surface area (TPSA) is 46.5 Å². The van der Waals surface area contributed by atoms with E-state index in [9.17, 15) is 0 Å². The Morgan fingerprint density at radius 2 is 2.33 bits per heavy atom. The molecule has 5 heteroatoms. The molecule has 1 unspecified atom stereocenters. The Bertz CT molecular complexity index is 405. The molecular weight excluding hydrogens is 246 g/mol. The van der Waals surface area contributed by atoms with Crippen LogP contribution in [0, 0.1) is 0 Å². The van der Waals surface area contributed by atoms with Crippen molar-refractivity contribution in [2.24, 2.45) is 4.99 Å². The number of pyridine rings is 1. The van der Waals surface area contributed by atoms with Gasteiger partial charge in [-0.3, -0.25) is 4.99 Å². The highest BCUT2D eigenvalue weighted by atomic mass is 32.2. The lowest BCUT2D eigenvalue weighted by molar-refractivity contribution is 0.327. The first-order valence-corrected chi connectivity index (χ1v) is 7.26. The Kier molecular flexibility index (Phi) is 4.87. The molecule has 1 N–H and O–H groups in total. The first-order chi connectivity index (χ1) is 8.81. The fourth-order valence-corrected chi connectivity index (χ4v) is 2.91. The van der Waals surface area contributed by atoms with Gasteiger partial charge in [0.15, 0.2) is 5.17 Å². The van der Waals surface area contributed by atoms with Gasteiger partial charge in [0.05, 0.1) is 25.0 Å². The summed E-state index contributed by atoms with van der Waals surface area (Å²) in [5.74, 6) is 0.660. The van der Waals surface area contributed by atoms with Gasteiger partial charge in [-0.1, -0.05) is 25.1 Å². The summed E-state index contributed by atoms with van der Waals surface area (Å²) in [7, 11) is 0. The van der Waals surface area contributed by atoms with Crippen molar-refractivity contribution in [3.63, 3.8) is 0 Å². The molecule has 2 heterocycles. The molecule has 0 aromatic carbocycles. The van der Waals surface area contributed by atoms with Crippen LogP contribution in [-0.4, -0.2) is 28.6 Å². The van der Waals surface area contributed by atoms with Crippen molar-refractivity contribution >= 4 is 22.6 Å². The smallest absolute Gasteiger partial charge is 0.213 e. The molecule has 2 rings (SSSR count). The number of nitrogens with one attached hydrogen (secondary N) is 1. The van der Waals surface area contributed by atoms with Gasteiger partial charge in [0.25, 0.3) is 0 Å². The molecule has 18 heavy (non-hydrogen) atoms. The fraction of sp³-hybridized carbons (Fsp3) is 0.538. The molecule has 1 aromatic heterocycles. The molecule has 0 radical (unpaired) electrons. The summed E-state index contributed by atoms with van der Waals surface area (Å²) in [5, 5.41) is 4.93. The highest BCUT2D eigenvalue weighted by Crippen LogP contribution is 2.25. The predicted octanol–water partition coefficient (Wildman–Crippen LogP) is 3.16. The fourth-order valence-electron chi connectivity index (χ4n) is 1.77. The van der Waals surface area contributed by atoms with Gasteiger partial charge < -0.3 is 10.1 Å². The Morgan fingerprint density at radius 3 is 3.00 bits per heavy atom. The number of aromatic nitrogens is 1. The zero-order valence-corrected chi connectivity index (χ0v) is 11.7. The van der Waals surface area contributed by atoms with E-state index < -0.39 is 0 Å². The number of amidine groups is 1. The lowest BCUT2D eigenvalue weighted by Crippen LogP contribution is -2.07. The van der Waals surface area contributed by atoms with Crippen LogP contribution in [-0.2, 0) is 0 Å². The molecule has 0 fully saturated rings. The van der Waals surface area contributed by atoms with E-state index in [1.54, 1.807) is 6.20 Å². The van der Waals surface area contributed by atoms with E-state index >= 15 is 0 Å². The van der Waals surface area contributed by atoms with E-state index in [0.717, 1.165) is 17.4 Å². The predicted molar refractivity (Wildman–Crippen MR) is 77.6 cm³/mol. The molecule has 98 valence electrons. The van der Waals surface area contributed by atoms with Crippen LogP contribution in [0.2, 0.25) is 0 Å². The minimum atomic E-state index is 0.633. The van der Waals surface area contributed by atoms with Crippen LogP contribution in [0.5, 0.6) is 5.88 Å². The number of rotatable bonds is 5. The van der Waals surface area contributed by atoms with Gasteiger partial charge in [-0.15, -0.1) is 0 Å². The second kappa shape index (κ2) is 6.64. The summed E-state index contributed by atoms with van der Waals surface area (Å²) < 4.78 is 5.31. The lowest BCUT2D eigenvalue weighted by atomic mass is 10.2. The van der Waals surface area contributed by atoms with E-state index in [1.165, 1.54) is 12.8 Å². The Hall–Kier alpha value is -1.23. The molecule has 0 spiro atoms. The SMILES string of the molecule is CCCC1CN=C(Nc2ccc(OCC)nc2)S1. The second-order valence-electron chi connectivity index (χ2n) is 4.12. The van der Waals surface area contributed by atoms with Crippen LogP contribution >= 0.6 is 11.8 Å². The van der Waals surface area contributed by atoms with E-state index in [4.69, 9.17) is 4.74 Å². The number of nitrogens with zero attached hydrogens (tertiary/aromatic N) is 2. The van der Waals surface area contributed by atoms with Gasteiger partial charge in [0, 0.05) is 11.3 Å². The van der Waals surface area contributed by atoms with Crippen molar-refractivity contribution < 1.29 is 4.74 Å². The molecule has 0 saturated carbocycles. The summed E-state index contributed by atoms with van der Waals surface area (Å²) in [6.07, 6.45) is 4.22. The number of thioether (sulfide) groups is 1. The van der Waals surface area contributed by atoms with Crippen LogP contribution in [0.4, 0.5) is 5.69 Å². The summed E-state index contributed by atoms with van der Waals surface area (Å²) in [6.45, 7) is 5.72. The van der Waals surface area contributed by atoms with Gasteiger partial charge in [-0.2, -0.15) is 0 Å². The Balaban J connectivity index is 1.86. The van der Waals surface area contributed by atoms with Crippen molar-refractivity contribution in [1.29, 1.82) is 0 Å². The van der Waals surface area contributed by atoms with E-state index in [0.29, 0.717) is 17.7 Å². The highest BCUT2D eigenvalue weighted by Gasteiger charge is 2.18. The summed E-state index contributed by atoms with van der Waals surface area (Å²) >= 11 is 1.82. The molecule has 1 atom stereocenters. The largest absolute Gasteiger partial charge is 0.478 e. The molecule has 0 bridgehead atoms. The molecular formula is C13H19N3OS. The minimum absolute atomic E-state index is 0.633. The van der Waals surface area contributed by atoms with E-state index in [1.807, 2.05) is 30.8 Å². The van der Waals surface area contributed by atoms with Gasteiger partial charge in [0.1, 0.15) is 0 Å². The molecule has 0 aliphatic carbocycles. The quantitative estimate of drug-likeness (QED) is 0.888. The molecule has 1 aliphatic rings. The third-order valence-electron chi connectivity index (χ3n) is 2.61. The van der Waals surface area contributed by atoms with Gasteiger partial charge >= 0.3 is 0 Å². The lowest BCUT2D eigenvalue weighted by Gasteiger charge is -2.08. The van der Waals surface area contributed by atoms with E-state index in [2.05, 4.69) is 22.2 Å². The molecule has 0 amide bonds. The van der Waals surface area contributed by atoms with Crippen LogP contribution in [0.25, 0.3) is 0 Å². The Labute approximate surface area is 112 Å². The van der Waals surface area contributed by atoms with Crippen molar-refractivity contribution in [3.05, 3.63) is 18.3 Å². The molecule has 4 nitrogen and oxygen atoms in total. The zero-order chi connectivity index (χ0) is 12.8. The number of hydrogen-bond acceptors (Lipinski definition) is 5. The van der Waals surface area contributed by atoms with Crippen LogP contribution in [0.1, 0.15) is 26.7 Å². The monoisotopic (exact) mass is 265 g/mol. The zero-order valence-electron chi connectivity index (χ0n) is 10.8. The minimum Gasteiger partial charge on any atom is -0.478 e. The maximum Gasteiger partial charge on any atom is 0.213 e. The van der Waals surface area contributed by atoms with Gasteiger partial charge in [0.2, 0.25) is 5.88 Å². The van der Waals surface area contributed by atoms with E-state index in [-0.39, 0.29) is 0 Å².